The van der Waals surface area contributed by atoms with Gasteiger partial charge < -0.3 is 9.84 Å². The molecule has 0 atom stereocenters. The van der Waals surface area contributed by atoms with Gasteiger partial charge in [0.15, 0.2) is 10.6 Å². The predicted octanol–water partition coefficient (Wildman–Crippen LogP) is 5.49. The van der Waals surface area contributed by atoms with Gasteiger partial charge >= 0.3 is 0 Å². The van der Waals surface area contributed by atoms with Crippen LogP contribution in [-0.2, 0) is 4.79 Å². The smallest absolute Gasteiger partial charge is 0.257 e. The van der Waals surface area contributed by atoms with Gasteiger partial charge in [-0.2, -0.15) is 0 Å². The largest absolute Gasteiger partial charge is 0.356 e. The van der Waals surface area contributed by atoms with Crippen molar-refractivity contribution >= 4 is 57.4 Å². The summed E-state index contributed by atoms with van der Waals surface area (Å²) in [6.07, 6.45) is 0. The average Bonchev–Trinajstić information content (AvgIpc) is 3.04. The van der Waals surface area contributed by atoms with Crippen molar-refractivity contribution in [3.63, 3.8) is 0 Å². The average molecular weight is 491 g/mol. The van der Waals surface area contributed by atoms with Crippen molar-refractivity contribution in [1.29, 1.82) is 0 Å². The summed E-state index contributed by atoms with van der Waals surface area (Å²) in [4.78, 5) is 10.4. The zero-order chi connectivity index (χ0) is 18.0. The summed E-state index contributed by atoms with van der Waals surface area (Å²) in [5.74, 6) is -0.457. The number of alkyl halides is 2. The van der Waals surface area contributed by atoms with Crippen LogP contribution in [0.4, 0.5) is 10.1 Å². The molecular weight excluding hydrogens is 481 g/mol. The summed E-state index contributed by atoms with van der Waals surface area (Å²) >= 11 is 13.1. The Bertz CT molecular complexity index is 910. The minimum Gasteiger partial charge on any atom is -0.356 e. The summed E-state index contributed by atoms with van der Waals surface area (Å²) in [5, 5.41) is 6.54. The van der Waals surface area contributed by atoms with Crippen LogP contribution in [0.1, 0.15) is 0 Å². The molecular formula is C17H10Cl2FIN2O2. The molecule has 1 aromatic heterocycles. The van der Waals surface area contributed by atoms with Gasteiger partial charge in [0.25, 0.3) is 5.91 Å². The Kier molecular flexibility index (Phi) is 5.61. The number of carbonyl (C=O) groups is 1. The van der Waals surface area contributed by atoms with Crippen LogP contribution in [0.25, 0.3) is 22.6 Å². The van der Waals surface area contributed by atoms with Crippen LogP contribution in [0.3, 0.4) is 0 Å². The minimum absolute atomic E-state index is 0.372. The number of aromatic nitrogens is 1. The van der Waals surface area contributed by atoms with Crippen molar-refractivity contribution in [3.8, 4) is 22.6 Å². The molecule has 128 valence electrons. The topological polar surface area (TPSA) is 55.1 Å². The fourth-order valence-corrected chi connectivity index (χ4v) is 3.07. The van der Waals surface area contributed by atoms with Gasteiger partial charge in [-0.15, -0.1) is 0 Å². The fourth-order valence-electron chi connectivity index (χ4n) is 2.22. The van der Waals surface area contributed by atoms with E-state index in [0.29, 0.717) is 28.3 Å². The summed E-state index contributed by atoms with van der Waals surface area (Å²) in [6.45, 7) is 0. The Morgan fingerprint density at radius 2 is 1.96 bits per heavy atom. The molecule has 4 nitrogen and oxygen atoms in total. The molecule has 3 rings (SSSR count). The quantitative estimate of drug-likeness (QED) is 0.388. The van der Waals surface area contributed by atoms with Gasteiger partial charge in [-0.1, -0.05) is 46.6 Å². The van der Waals surface area contributed by atoms with Crippen LogP contribution >= 0.6 is 45.8 Å². The van der Waals surface area contributed by atoms with Crippen molar-refractivity contribution in [2.45, 2.75) is 4.84 Å². The van der Waals surface area contributed by atoms with Crippen LogP contribution in [0.15, 0.2) is 53.1 Å². The number of nitrogens with zero attached hydrogens (tertiary/aromatic N) is 1. The number of hydrogen-bond donors (Lipinski definition) is 1. The summed E-state index contributed by atoms with van der Waals surface area (Å²) in [7, 11) is 0. The molecule has 8 heteroatoms. The Balaban J connectivity index is 1.92. The number of halogens is 4. The first-order valence-corrected chi connectivity index (χ1v) is 9.01. The zero-order valence-corrected chi connectivity index (χ0v) is 16.1. The summed E-state index contributed by atoms with van der Waals surface area (Å²) in [6, 6.07) is 13.3. The second-order valence-corrected chi connectivity index (χ2v) is 7.30. The van der Waals surface area contributed by atoms with Crippen molar-refractivity contribution in [2.24, 2.45) is 0 Å². The number of anilines is 1. The lowest BCUT2D eigenvalue weighted by Gasteiger charge is -2.06. The van der Waals surface area contributed by atoms with E-state index in [1.807, 2.05) is 22.6 Å². The monoisotopic (exact) mass is 490 g/mol. The summed E-state index contributed by atoms with van der Waals surface area (Å²) < 4.78 is 20.1. The molecule has 0 unspecified atom stereocenters. The van der Waals surface area contributed by atoms with Crippen LogP contribution in [0.2, 0.25) is 0 Å². The molecule has 1 heterocycles. The number of hydrogen-bond acceptors (Lipinski definition) is 3. The fraction of sp³-hybridized carbons (Fsp3) is 0.0588. The van der Waals surface area contributed by atoms with E-state index >= 15 is 0 Å². The zero-order valence-electron chi connectivity index (χ0n) is 12.5. The third-order valence-corrected chi connectivity index (χ3v) is 4.64. The first-order chi connectivity index (χ1) is 12.0. The Labute approximate surface area is 166 Å². The Morgan fingerprint density at radius 3 is 2.68 bits per heavy atom. The lowest BCUT2D eigenvalue weighted by atomic mass is 10.1. The van der Waals surface area contributed by atoms with E-state index in [9.17, 15) is 9.18 Å². The standard InChI is InChI=1S/C17H10Cl2FIN2O2/c18-16(19)17(24)22-10-4-1-3-9(7-10)14-8-13(23-25-14)15-11(20)5-2-6-12(15)21/h1-8,16H,(H,22,24). The number of amides is 1. The highest BCUT2D eigenvalue weighted by Gasteiger charge is 2.16. The molecule has 0 aliphatic rings. The van der Waals surface area contributed by atoms with Crippen LogP contribution < -0.4 is 5.32 Å². The van der Waals surface area contributed by atoms with Gasteiger partial charge in [0, 0.05) is 20.9 Å². The van der Waals surface area contributed by atoms with Crippen molar-refractivity contribution < 1.29 is 13.7 Å². The molecule has 0 saturated heterocycles. The third kappa shape index (κ3) is 4.13. The van der Waals surface area contributed by atoms with E-state index in [1.165, 1.54) is 6.07 Å². The molecule has 0 bridgehead atoms. The number of carbonyl (C=O) groups excluding carboxylic acids is 1. The lowest BCUT2D eigenvalue weighted by Crippen LogP contribution is -2.18. The number of nitrogens with one attached hydrogen (secondary N) is 1. The molecule has 0 saturated carbocycles. The van der Waals surface area contributed by atoms with E-state index in [0.717, 1.165) is 3.57 Å². The molecule has 3 aromatic rings. The van der Waals surface area contributed by atoms with Crippen molar-refractivity contribution in [1.82, 2.24) is 5.16 Å². The minimum atomic E-state index is -1.16. The molecule has 1 amide bonds. The first-order valence-electron chi connectivity index (χ1n) is 7.06. The molecule has 1 N–H and O–H groups in total. The molecule has 2 aromatic carbocycles. The van der Waals surface area contributed by atoms with Gasteiger partial charge in [-0.25, -0.2) is 4.39 Å². The normalized spacial score (nSPS) is 10.9. The second kappa shape index (κ2) is 7.72. The van der Waals surface area contributed by atoms with E-state index in [-0.39, 0.29) is 5.82 Å². The lowest BCUT2D eigenvalue weighted by molar-refractivity contribution is -0.114. The SMILES string of the molecule is O=C(Nc1cccc(-c2cc(-c3c(F)cccc3I)no2)c1)C(Cl)Cl. The van der Waals surface area contributed by atoms with Crippen LogP contribution in [0, 0.1) is 9.39 Å². The van der Waals surface area contributed by atoms with E-state index < -0.39 is 10.7 Å². The Morgan fingerprint density at radius 1 is 1.20 bits per heavy atom. The van der Waals surface area contributed by atoms with Crippen molar-refractivity contribution in [3.05, 3.63) is 57.9 Å². The molecule has 0 fully saturated rings. The predicted molar refractivity (Wildman–Crippen MR) is 104 cm³/mol. The van der Waals surface area contributed by atoms with Gasteiger partial charge in [0.2, 0.25) is 0 Å². The number of rotatable bonds is 4. The maximum absolute atomic E-state index is 14.1. The molecule has 0 spiro atoms. The van der Waals surface area contributed by atoms with Crippen LogP contribution in [-0.4, -0.2) is 15.9 Å². The molecule has 0 aliphatic carbocycles. The number of benzene rings is 2. The molecule has 0 radical (unpaired) electrons. The highest BCUT2D eigenvalue weighted by Crippen LogP contribution is 2.31. The second-order valence-electron chi connectivity index (χ2n) is 5.04. The van der Waals surface area contributed by atoms with Gasteiger partial charge in [0.05, 0.1) is 5.56 Å². The van der Waals surface area contributed by atoms with E-state index in [1.54, 1.807) is 42.5 Å². The van der Waals surface area contributed by atoms with Crippen molar-refractivity contribution in [2.75, 3.05) is 5.32 Å². The van der Waals surface area contributed by atoms with E-state index in [4.69, 9.17) is 27.7 Å². The highest BCUT2D eigenvalue weighted by atomic mass is 127. The maximum atomic E-state index is 14.1. The van der Waals surface area contributed by atoms with Gasteiger partial charge in [-0.3, -0.25) is 4.79 Å². The molecule has 0 aliphatic heterocycles. The highest BCUT2D eigenvalue weighted by molar-refractivity contribution is 14.1. The van der Waals surface area contributed by atoms with E-state index in [2.05, 4.69) is 10.5 Å². The molecule has 25 heavy (non-hydrogen) atoms. The first kappa shape index (κ1) is 18.2. The van der Waals surface area contributed by atoms with Gasteiger partial charge in [0.1, 0.15) is 11.5 Å². The third-order valence-electron chi connectivity index (χ3n) is 3.34. The van der Waals surface area contributed by atoms with Gasteiger partial charge in [-0.05, 0) is 46.9 Å². The van der Waals surface area contributed by atoms with Crippen LogP contribution in [0.5, 0.6) is 0 Å². The maximum Gasteiger partial charge on any atom is 0.257 e. The Hall–Kier alpha value is -1.64. The summed E-state index contributed by atoms with van der Waals surface area (Å²) in [5.41, 5.74) is 1.96.